The number of hydrogen-bond donors (Lipinski definition) is 1. The highest BCUT2D eigenvalue weighted by Gasteiger charge is 2.17. The van der Waals surface area contributed by atoms with Gasteiger partial charge in [-0.05, 0) is 68.8 Å². The van der Waals surface area contributed by atoms with Crippen LogP contribution in [0.15, 0.2) is 54.9 Å². The zero-order valence-corrected chi connectivity index (χ0v) is 18.7. The molecule has 0 amide bonds. The molecule has 0 fully saturated rings. The molecule has 7 nitrogen and oxygen atoms in total. The molecule has 3 aromatic rings. The molecule has 2 heterocycles. The second kappa shape index (κ2) is 10.6. The summed E-state index contributed by atoms with van der Waals surface area (Å²) in [4.78, 5) is 33.5. The number of carbonyl (C=O) groups excluding carboxylic acids is 2. The summed E-state index contributed by atoms with van der Waals surface area (Å²) in [6, 6.07) is 12.3. The van der Waals surface area contributed by atoms with Crippen LogP contribution in [0.3, 0.4) is 0 Å². The van der Waals surface area contributed by atoms with Crippen LogP contribution in [0.25, 0.3) is 0 Å². The minimum absolute atomic E-state index is 0.157. The van der Waals surface area contributed by atoms with Crippen LogP contribution in [0.1, 0.15) is 51.5 Å². The number of benzene rings is 1. The summed E-state index contributed by atoms with van der Waals surface area (Å²) >= 11 is 0. The Kier molecular flexibility index (Phi) is 7.68. The van der Waals surface area contributed by atoms with E-state index in [1.807, 2.05) is 19.9 Å². The zero-order valence-electron chi connectivity index (χ0n) is 18.7. The highest BCUT2D eigenvalue weighted by atomic mass is 16.6. The summed E-state index contributed by atoms with van der Waals surface area (Å²) < 4.78 is 11.1. The van der Waals surface area contributed by atoms with E-state index in [2.05, 4.69) is 29.1 Å². The predicted molar refractivity (Wildman–Crippen MR) is 121 cm³/mol. The number of esters is 2. The summed E-state index contributed by atoms with van der Waals surface area (Å²) in [5.74, 6) is -0.833. The first-order valence-electron chi connectivity index (χ1n) is 10.5. The molecular weight excluding hydrogens is 406 g/mol. The Hall–Kier alpha value is -3.58. The summed E-state index contributed by atoms with van der Waals surface area (Å²) in [5, 5.41) is 3.35. The molecule has 3 rings (SSSR count). The molecule has 1 aromatic carbocycles. The van der Waals surface area contributed by atoms with Crippen LogP contribution in [0.2, 0.25) is 0 Å². The predicted octanol–water partition coefficient (Wildman–Crippen LogP) is 4.07. The van der Waals surface area contributed by atoms with Crippen molar-refractivity contribution < 1.29 is 19.1 Å². The van der Waals surface area contributed by atoms with Crippen molar-refractivity contribution in [2.75, 3.05) is 6.54 Å². The van der Waals surface area contributed by atoms with Crippen molar-refractivity contribution in [2.45, 2.75) is 40.2 Å². The molecule has 1 N–H and O–H groups in total. The van der Waals surface area contributed by atoms with Gasteiger partial charge in [0, 0.05) is 29.8 Å². The quantitative estimate of drug-likeness (QED) is 0.423. The molecular formula is C25H27N3O4. The van der Waals surface area contributed by atoms with Gasteiger partial charge in [-0.1, -0.05) is 19.9 Å². The minimum atomic E-state index is -0.582. The van der Waals surface area contributed by atoms with Crippen molar-refractivity contribution in [3.05, 3.63) is 82.9 Å². The lowest BCUT2D eigenvalue weighted by Gasteiger charge is -2.13. The number of rotatable bonds is 8. The second-order valence-electron chi connectivity index (χ2n) is 7.80. The van der Waals surface area contributed by atoms with E-state index < -0.39 is 11.9 Å². The average Bonchev–Trinajstić information content (AvgIpc) is 2.76. The van der Waals surface area contributed by atoms with Gasteiger partial charge >= 0.3 is 11.9 Å². The Balaban J connectivity index is 1.83. The second-order valence-corrected chi connectivity index (χ2v) is 7.80. The third kappa shape index (κ3) is 6.46. The maximum atomic E-state index is 12.7. The summed E-state index contributed by atoms with van der Waals surface area (Å²) in [6.07, 6.45) is 3.63. The molecule has 0 radical (unpaired) electrons. The lowest BCUT2D eigenvalue weighted by Crippen LogP contribution is -2.25. The first-order valence-corrected chi connectivity index (χ1v) is 10.5. The monoisotopic (exact) mass is 433 g/mol. The Bertz CT molecular complexity index is 1080. The van der Waals surface area contributed by atoms with Gasteiger partial charge in [-0.2, -0.15) is 0 Å². The molecule has 166 valence electrons. The van der Waals surface area contributed by atoms with E-state index in [1.165, 1.54) is 12.4 Å². The molecule has 0 saturated carbocycles. The highest BCUT2D eigenvalue weighted by Crippen LogP contribution is 2.30. The fraction of sp³-hybridized carbons (Fsp3) is 0.280. The number of aromatic nitrogens is 2. The van der Waals surface area contributed by atoms with E-state index in [4.69, 9.17) is 9.47 Å². The maximum absolute atomic E-state index is 12.7. The summed E-state index contributed by atoms with van der Waals surface area (Å²) in [5.41, 5.74) is 3.15. The van der Waals surface area contributed by atoms with Gasteiger partial charge in [0.05, 0.1) is 11.1 Å². The van der Waals surface area contributed by atoms with Gasteiger partial charge in [-0.3, -0.25) is 9.97 Å². The molecule has 7 heteroatoms. The molecule has 0 aliphatic heterocycles. The minimum Gasteiger partial charge on any atom is -0.419 e. The van der Waals surface area contributed by atoms with Crippen LogP contribution in [-0.4, -0.2) is 34.5 Å². The van der Waals surface area contributed by atoms with Crippen LogP contribution in [0.4, 0.5) is 0 Å². The van der Waals surface area contributed by atoms with E-state index in [1.54, 1.807) is 36.4 Å². The zero-order chi connectivity index (χ0) is 23.1. The van der Waals surface area contributed by atoms with E-state index in [0.717, 1.165) is 29.9 Å². The summed E-state index contributed by atoms with van der Waals surface area (Å²) in [6.45, 7) is 8.58. The number of nitrogens with one attached hydrogen (secondary N) is 1. The van der Waals surface area contributed by atoms with Gasteiger partial charge in [0.25, 0.3) is 0 Å². The number of pyridine rings is 2. The van der Waals surface area contributed by atoms with Gasteiger partial charge in [-0.25, -0.2) is 9.59 Å². The molecule has 0 unspecified atom stereocenters. The molecule has 0 aliphatic rings. The molecule has 0 spiro atoms. The third-order valence-corrected chi connectivity index (χ3v) is 4.67. The van der Waals surface area contributed by atoms with Gasteiger partial charge in [0.1, 0.15) is 0 Å². The molecule has 0 atom stereocenters. The molecule has 2 aromatic heterocycles. The van der Waals surface area contributed by atoms with Crippen molar-refractivity contribution >= 4 is 11.9 Å². The Morgan fingerprint density at radius 3 is 1.91 bits per heavy atom. The first kappa shape index (κ1) is 23.1. The Morgan fingerprint density at radius 2 is 1.41 bits per heavy atom. The van der Waals surface area contributed by atoms with E-state index in [-0.39, 0.29) is 11.5 Å². The Morgan fingerprint density at radius 1 is 0.844 bits per heavy atom. The number of aryl methyl sites for hydroxylation is 2. The van der Waals surface area contributed by atoms with Gasteiger partial charge in [0.15, 0.2) is 11.5 Å². The normalized spacial score (nSPS) is 10.8. The third-order valence-electron chi connectivity index (χ3n) is 4.67. The number of hydrogen-bond acceptors (Lipinski definition) is 7. The standard InChI is InChI=1S/C25H27N3O4/c1-16(2)26-12-11-19-7-10-22(31-24(29)20-8-5-17(3)27-14-20)23(13-19)32-25(30)21-9-6-18(4)28-15-21/h5-10,13-16,26H,11-12H2,1-4H3. The van der Waals surface area contributed by atoms with E-state index >= 15 is 0 Å². The topological polar surface area (TPSA) is 90.4 Å². The fourth-order valence-corrected chi connectivity index (χ4v) is 2.87. The SMILES string of the molecule is Cc1ccc(C(=O)Oc2ccc(CCNC(C)C)cc2OC(=O)c2ccc(C)nc2)cn1. The fourth-order valence-electron chi connectivity index (χ4n) is 2.87. The van der Waals surface area contributed by atoms with Crippen LogP contribution in [0, 0.1) is 13.8 Å². The first-order chi connectivity index (χ1) is 15.3. The van der Waals surface area contributed by atoms with Gasteiger partial charge in [0.2, 0.25) is 0 Å². The Labute approximate surface area is 187 Å². The number of ether oxygens (including phenoxy) is 2. The van der Waals surface area contributed by atoms with Crippen molar-refractivity contribution in [3.8, 4) is 11.5 Å². The molecule has 0 saturated heterocycles. The molecule has 32 heavy (non-hydrogen) atoms. The van der Waals surface area contributed by atoms with E-state index in [9.17, 15) is 9.59 Å². The lowest BCUT2D eigenvalue weighted by atomic mass is 10.1. The van der Waals surface area contributed by atoms with Crippen molar-refractivity contribution in [1.82, 2.24) is 15.3 Å². The maximum Gasteiger partial charge on any atom is 0.345 e. The van der Waals surface area contributed by atoms with Gasteiger partial charge in [-0.15, -0.1) is 0 Å². The van der Waals surface area contributed by atoms with Crippen molar-refractivity contribution in [3.63, 3.8) is 0 Å². The van der Waals surface area contributed by atoms with E-state index in [0.29, 0.717) is 17.2 Å². The summed E-state index contributed by atoms with van der Waals surface area (Å²) in [7, 11) is 0. The lowest BCUT2D eigenvalue weighted by molar-refractivity contribution is 0.0681. The number of nitrogens with zero attached hydrogens (tertiary/aromatic N) is 2. The van der Waals surface area contributed by atoms with Gasteiger partial charge < -0.3 is 14.8 Å². The van der Waals surface area contributed by atoms with Crippen LogP contribution < -0.4 is 14.8 Å². The van der Waals surface area contributed by atoms with Crippen LogP contribution >= 0.6 is 0 Å². The largest absolute Gasteiger partial charge is 0.419 e. The molecule has 0 bridgehead atoms. The smallest absolute Gasteiger partial charge is 0.345 e. The highest BCUT2D eigenvalue weighted by molar-refractivity contribution is 5.93. The van der Waals surface area contributed by atoms with Crippen LogP contribution in [-0.2, 0) is 6.42 Å². The van der Waals surface area contributed by atoms with Crippen molar-refractivity contribution in [1.29, 1.82) is 0 Å². The van der Waals surface area contributed by atoms with Crippen molar-refractivity contribution in [2.24, 2.45) is 0 Å². The number of carbonyl (C=O) groups is 2. The van der Waals surface area contributed by atoms with Crippen LogP contribution in [0.5, 0.6) is 11.5 Å². The molecule has 0 aliphatic carbocycles. The average molecular weight is 434 g/mol.